The molecule has 0 aliphatic carbocycles. The van der Waals surface area contributed by atoms with Gasteiger partial charge >= 0.3 is 6.09 Å². The molecule has 1 unspecified atom stereocenters. The van der Waals surface area contributed by atoms with Crippen molar-refractivity contribution in [3.63, 3.8) is 0 Å². The molecular weight excluding hydrogens is 397 g/mol. The van der Waals surface area contributed by atoms with Crippen LogP contribution >= 0.6 is 15.9 Å². The van der Waals surface area contributed by atoms with E-state index < -0.39 is 0 Å². The quantitative estimate of drug-likeness (QED) is 0.599. The number of hydrogen-bond acceptors (Lipinski definition) is 2. The van der Waals surface area contributed by atoms with E-state index in [2.05, 4.69) is 29.8 Å². The number of aryl methyl sites for hydroxylation is 1. The number of ether oxygens (including phenoxy) is 1. The molecule has 3 rings (SSSR count). The van der Waals surface area contributed by atoms with Crippen molar-refractivity contribution >= 4 is 27.7 Å². The summed E-state index contributed by atoms with van der Waals surface area (Å²) in [5, 5.41) is 0. The Bertz CT molecular complexity index is 779. The Balaban J connectivity index is 1.86. The lowest BCUT2D eigenvalue weighted by atomic mass is 9.91. The Kier molecular flexibility index (Phi) is 5.97. The number of halogens is 2. The van der Waals surface area contributed by atoms with Gasteiger partial charge in [-0.05, 0) is 64.4 Å². The summed E-state index contributed by atoms with van der Waals surface area (Å²) in [7, 11) is 0. The van der Waals surface area contributed by atoms with Gasteiger partial charge in [0.25, 0.3) is 0 Å². The summed E-state index contributed by atoms with van der Waals surface area (Å²) in [6.07, 6.45) is 2.08. The zero-order chi connectivity index (χ0) is 18.7. The maximum atomic E-state index is 13.9. The first-order chi connectivity index (χ1) is 12.5. The second-order valence-corrected chi connectivity index (χ2v) is 7.98. The molecule has 0 bridgehead atoms. The Labute approximate surface area is 162 Å². The van der Waals surface area contributed by atoms with Gasteiger partial charge in [0.05, 0.1) is 10.2 Å². The monoisotopic (exact) mass is 419 g/mol. The van der Waals surface area contributed by atoms with E-state index in [0.29, 0.717) is 10.4 Å². The van der Waals surface area contributed by atoms with Crippen molar-refractivity contribution in [1.29, 1.82) is 0 Å². The van der Waals surface area contributed by atoms with E-state index in [1.807, 2.05) is 30.3 Å². The molecule has 2 aromatic rings. The van der Waals surface area contributed by atoms with Crippen LogP contribution in [0.2, 0.25) is 0 Å². The summed E-state index contributed by atoms with van der Waals surface area (Å²) in [5.74, 6) is 0.151. The molecule has 1 aliphatic rings. The van der Waals surface area contributed by atoms with Crippen molar-refractivity contribution in [3.8, 4) is 0 Å². The SMILES string of the molecule is CC(C)CC1CCc2cc(F)c(Br)cc2N1C(=O)OCc1ccccc1. The third-order valence-electron chi connectivity index (χ3n) is 4.64. The molecular formula is C21H23BrFNO2. The molecule has 1 amide bonds. The average Bonchev–Trinajstić information content (AvgIpc) is 2.61. The minimum Gasteiger partial charge on any atom is -0.444 e. The second kappa shape index (κ2) is 8.21. The zero-order valence-electron chi connectivity index (χ0n) is 15.0. The van der Waals surface area contributed by atoms with Crippen molar-refractivity contribution in [2.45, 2.75) is 45.8 Å². The molecule has 0 aromatic heterocycles. The lowest BCUT2D eigenvalue weighted by Crippen LogP contribution is -2.44. The molecule has 0 saturated heterocycles. The highest BCUT2D eigenvalue weighted by Gasteiger charge is 2.33. The van der Waals surface area contributed by atoms with Crippen LogP contribution < -0.4 is 4.90 Å². The summed E-state index contributed by atoms with van der Waals surface area (Å²) in [5.41, 5.74) is 2.54. The molecule has 138 valence electrons. The van der Waals surface area contributed by atoms with Crippen LogP contribution in [-0.2, 0) is 17.8 Å². The number of fused-ring (bicyclic) bond motifs is 1. The fourth-order valence-electron chi connectivity index (χ4n) is 3.45. The maximum Gasteiger partial charge on any atom is 0.414 e. The number of hydrogen-bond donors (Lipinski definition) is 0. The molecule has 0 spiro atoms. The normalized spacial score (nSPS) is 16.5. The minimum atomic E-state index is -0.376. The van der Waals surface area contributed by atoms with Gasteiger partial charge in [0.2, 0.25) is 0 Å². The largest absolute Gasteiger partial charge is 0.444 e. The fourth-order valence-corrected chi connectivity index (χ4v) is 3.78. The third-order valence-corrected chi connectivity index (χ3v) is 5.25. The predicted molar refractivity (Wildman–Crippen MR) is 105 cm³/mol. The van der Waals surface area contributed by atoms with Crippen LogP contribution in [0, 0.1) is 11.7 Å². The van der Waals surface area contributed by atoms with Crippen molar-refractivity contribution in [3.05, 3.63) is 63.9 Å². The first-order valence-electron chi connectivity index (χ1n) is 8.93. The van der Waals surface area contributed by atoms with Gasteiger partial charge in [0.1, 0.15) is 12.4 Å². The predicted octanol–water partition coefficient (Wildman–Crippen LogP) is 6.09. The highest BCUT2D eigenvalue weighted by molar-refractivity contribution is 9.10. The number of anilines is 1. The van der Waals surface area contributed by atoms with E-state index in [0.717, 1.165) is 36.1 Å². The Morgan fingerprint density at radius 2 is 2.04 bits per heavy atom. The van der Waals surface area contributed by atoms with Crippen LogP contribution in [0.15, 0.2) is 46.9 Å². The van der Waals surface area contributed by atoms with E-state index in [1.54, 1.807) is 11.0 Å². The van der Waals surface area contributed by atoms with Gasteiger partial charge in [-0.1, -0.05) is 44.2 Å². The summed E-state index contributed by atoms with van der Waals surface area (Å²) in [6.45, 7) is 4.51. The topological polar surface area (TPSA) is 29.5 Å². The van der Waals surface area contributed by atoms with E-state index in [-0.39, 0.29) is 24.6 Å². The lowest BCUT2D eigenvalue weighted by molar-refractivity contribution is 0.142. The average molecular weight is 420 g/mol. The van der Waals surface area contributed by atoms with Gasteiger partial charge in [0.15, 0.2) is 0 Å². The molecule has 0 radical (unpaired) electrons. The molecule has 2 aromatic carbocycles. The van der Waals surface area contributed by atoms with Gasteiger partial charge < -0.3 is 4.74 Å². The minimum absolute atomic E-state index is 0.0585. The van der Waals surface area contributed by atoms with Crippen LogP contribution in [0.4, 0.5) is 14.9 Å². The number of rotatable bonds is 4. The molecule has 26 heavy (non-hydrogen) atoms. The van der Waals surface area contributed by atoms with Gasteiger partial charge in [-0.15, -0.1) is 0 Å². The molecule has 3 nitrogen and oxygen atoms in total. The Morgan fingerprint density at radius 1 is 1.31 bits per heavy atom. The smallest absolute Gasteiger partial charge is 0.414 e. The Morgan fingerprint density at radius 3 is 2.73 bits per heavy atom. The van der Waals surface area contributed by atoms with Crippen LogP contribution in [0.5, 0.6) is 0 Å². The van der Waals surface area contributed by atoms with Gasteiger partial charge in [-0.2, -0.15) is 0 Å². The number of carbonyl (C=O) groups is 1. The van der Waals surface area contributed by atoms with Crippen molar-refractivity contribution in [1.82, 2.24) is 0 Å². The van der Waals surface area contributed by atoms with Gasteiger partial charge in [-0.3, -0.25) is 4.90 Å². The number of carbonyl (C=O) groups excluding carboxylic acids is 1. The summed E-state index contributed by atoms with van der Waals surface area (Å²) >= 11 is 3.24. The van der Waals surface area contributed by atoms with E-state index >= 15 is 0 Å². The van der Waals surface area contributed by atoms with Crippen LogP contribution in [0.25, 0.3) is 0 Å². The summed E-state index contributed by atoms with van der Waals surface area (Å²) < 4.78 is 19.9. The third kappa shape index (κ3) is 4.26. The molecule has 0 N–H and O–H groups in total. The Hall–Kier alpha value is -1.88. The molecule has 1 heterocycles. The molecule has 0 fully saturated rings. The van der Waals surface area contributed by atoms with Crippen LogP contribution in [0.3, 0.4) is 0 Å². The van der Waals surface area contributed by atoms with Crippen LogP contribution in [-0.4, -0.2) is 12.1 Å². The van der Waals surface area contributed by atoms with Crippen molar-refractivity contribution in [2.75, 3.05) is 4.90 Å². The second-order valence-electron chi connectivity index (χ2n) is 7.13. The van der Waals surface area contributed by atoms with E-state index in [1.165, 1.54) is 6.07 Å². The molecule has 0 saturated carbocycles. The first-order valence-corrected chi connectivity index (χ1v) is 9.73. The van der Waals surface area contributed by atoms with Crippen LogP contribution in [0.1, 0.15) is 37.8 Å². The first kappa shape index (κ1) is 18.9. The highest BCUT2D eigenvalue weighted by atomic mass is 79.9. The standard InChI is InChI=1S/C21H23BrFNO2/c1-14(2)10-17-9-8-16-11-19(23)18(22)12-20(16)24(17)21(25)26-13-15-6-4-3-5-7-15/h3-7,11-12,14,17H,8-10,13H2,1-2H3. The summed E-state index contributed by atoms with van der Waals surface area (Å²) in [6, 6.07) is 12.9. The maximum absolute atomic E-state index is 13.9. The van der Waals surface area contributed by atoms with Gasteiger partial charge in [0, 0.05) is 6.04 Å². The highest BCUT2D eigenvalue weighted by Crippen LogP contribution is 2.37. The number of benzene rings is 2. The lowest BCUT2D eigenvalue weighted by Gasteiger charge is -2.37. The fraction of sp³-hybridized carbons (Fsp3) is 0.381. The van der Waals surface area contributed by atoms with E-state index in [4.69, 9.17) is 4.74 Å². The van der Waals surface area contributed by atoms with Crippen molar-refractivity contribution in [2.24, 2.45) is 5.92 Å². The van der Waals surface area contributed by atoms with Gasteiger partial charge in [-0.25, -0.2) is 9.18 Å². The summed E-state index contributed by atoms with van der Waals surface area (Å²) in [4.78, 5) is 14.6. The number of amides is 1. The molecule has 1 atom stereocenters. The number of nitrogens with zero attached hydrogens (tertiary/aromatic N) is 1. The van der Waals surface area contributed by atoms with E-state index in [9.17, 15) is 9.18 Å². The molecule has 1 aliphatic heterocycles. The van der Waals surface area contributed by atoms with Crippen molar-refractivity contribution < 1.29 is 13.9 Å². The molecule has 5 heteroatoms. The zero-order valence-corrected chi connectivity index (χ0v) is 16.6.